The van der Waals surface area contributed by atoms with Crippen LogP contribution in [0.3, 0.4) is 0 Å². The van der Waals surface area contributed by atoms with Gasteiger partial charge in [-0.3, -0.25) is 0 Å². The Morgan fingerprint density at radius 2 is 2.00 bits per heavy atom. The van der Waals surface area contributed by atoms with Gasteiger partial charge >= 0.3 is 6.18 Å². The van der Waals surface area contributed by atoms with Gasteiger partial charge in [-0.05, 0) is 11.6 Å². The van der Waals surface area contributed by atoms with Crippen molar-refractivity contribution in [2.24, 2.45) is 5.73 Å². The van der Waals surface area contributed by atoms with Crippen LogP contribution in [0, 0.1) is 0 Å². The zero-order chi connectivity index (χ0) is 11.8. The fourth-order valence-electron chi connectivity index (χ4n) is 1.78. The van der Waals surface area contributed by atoms with E-state index >= 15 is 0 Å². The molecule has 0 radical (unpaired) electrons. The van der Waals surface area contributed by atoms with Crippen LogP contribution in [0.15, 0.2) is 24.3 Å². The van der Waals surface area contributed by atoms with E-state index in [2.05, 4.69) is 0 Å². The Morgan fingerprint density at radius 1 is 1.31 bits per heavy atom. The standard InChI is InChI=1S/C11H12F3NO/c12-11(13,14)9-3-1-2-8(4-9)10(5-15)6-16-7-10/h1-4H,5-7,15H2. The van der Waals surface area contributed by atoms with E-state index in [9.17, 15) is 13.2 Å². The molecule has 0 saturated carbocycles. The van der Waals surface area contributed by atoms with Crippen LogP contribution in [-0.2, 0) is 16.3 Å². The summed E-state index contributed by atoms with van der Waals surface area (Å²) in [5.74, 6) is 0. The van der Waals surface area contributed by atoms with Gasteiger partial charge in [-0.25, -0.2) is 0 Å². The summed E-state index contributed by atoms with van der Waals surface area (Å²) in [6.07, 6.45) is -4.31. The molecule has 0 spiro atoms. The number of halogens is 3. The molecule has 1 saturated heterocycles. The number of benzene rings is 1. The lowest BCUT2D eigenvalue weighted by molar-refractivity contribution is -0.137. The first-order chi connectivity index (χ1) is 7.48. The monoisotopic (exact) mass is 231 g/mol. The second kappa shape index (κ2) is 3.75. The first-order valence-corrected chi connectivity index (χ1v) is 4.93. The summed E-state index contributed by atoms with van der Waals surface area (Å²) in [6.45, 7) is 1.09. The summed E-state index contributed by atoms with van der Waals surface area (Å²) in [4.78, 5) is 0. The van der Waals surface area contributed by atoms with Gasteiger partial charge < -0.3 is 10.5 Å². The van der Waals surface area contributed by atoms with Crippen molar-refractivity contribution >= 4 is 0 Å². The smallest absolute Gasteiger partial charge is 0.379 e. The number of alkyl halides is 3. The van der Waals surface area contributed by atoms with E-state index in [1.165, 1.54) is 6.07 Å². The Morgan fingerprint density at radius 3 is 2.44 bits per heavy atom. The average molecular weight is 231 g/mol. The summed E-state index contributed by atoms with van der Waals surface area (Å²) in [7, 11) is 0. The van der Waals surface area contributed by atoms with E-state index in [0.717, 1.165) is 12.1 Å². The van der Waals surface area contributed by atoms with Crippen molar-refractivity contribution in [3.05, 3.63) is 35.4 Å². The fraction of sp³-hybridized carbons (Fsp3) is 0.455. The minimum atomic E-state index is -4.31. The Hall–Kier alpha value is -1.07. The summed E-state index contributed by atoms with van der Waals surface area (Å²) < 4.78 is 42.6. The van der Waals surface area contributed by atoms with Crippen LogP contribution in [0.4, 0.5) is 13.2 Å². The molecule has 2 rings (SSSR count). The highest BCUT2D eigenvalue weighted by Gasteiger charge is 2.40. The largest absolute Gasteiger partial charge is 0.416 e. The predicted molar refractivity (Wildman–Crippen MR) is 53.0 cm³/mol. The van der Waals surface area contributed by atoms with Crippen molar-refractivity contribution < 1.29 is 17.9 Å². The molecule has 1 heterocycles. The highest BCUT2D eigenvalue weighted by atomic mass is 19.4. The quantitative estimate of drug-likeness (QED) is 0.844. The Bertz CT molecular complexity index is 380. The van der Waals surface area contributed by atoms with Crippen LogP contribution in [0.25, 0.3) is 0 Å². The fourth-order valence-corrected chi connectivity index (χ4v) is 1.78. The molecule has 1 aliphatic rings. The molecule has 1 fully saturated rings. The van der Waals surface area contributed by atoms with Crippen LogP contribution in [0.1, 0.15) is 11.1 Å². The summed E-state index contributed by atoms with van der Waals surface area (Å²) in [5, 5.41) is 0. The molecule has 88 valence electrons. The van der Waals surface area contributed by atoms with Crippen molar-refractivity contribution in [1.82, 2.24) is 0 Å². The maximum absolute atomic E-state index is 12.5. The molecule has 0 bridgehead atoms. The molecule has 0 aromatic heterocycles. The minimum Gasteiger partial charge on any atom is -0.379 e. The molecular weight excluding hydrogens is 219 g/mol. The summed E-state index contributed by atoms with van der Waals surface area (Å²) in [5.41, 5.74) is 5.14. The Kier molecular flexibility index (Phi) is 2.67. The predicted octanol–water partition coefficient (Wildman–Crippen LogP) is 1.93. The first-order valence-electron chi connectivity index (χ1n) is 4.93. The molecule has 0 amide bonds. The van der Waals surface area contributed by atoms with Gasteiger partial charge in [-0.2, -0.15) is 13.2 Å². The van der Waals surface area contributed by atoms with E-state index in [1.54, 1.807) is 6.07 Å². The van der Waals surface area contributed by atoms with Gasteiger partial charge in [-0.1, -0.05) is 18.2 Å². The third-order valence-electron chi connectivity index (χ3n) is 2.95. The molecular formula is C11H12F3NO. The second-order valence-electron chi connectivity index (χ2n) is 4.06. The SMILES string of the molecule is NCC1(c2cccc(C(F)(F)F)c2)COC1. The maximum Gasteiger partial charge on any atom is 0.416 e. The van der Waals surface area contributed by atoms with Gasteiger partial charge in [0.15, 0.2) is 0 Å². The molecule has 2 N–H and O–H groups in total. The first kappa shape index (κ1) is 11.4. The van der Waals surface area contributed by atoms with E-state index < -0.39 is 17.2 Å². The molecule has 5 heteroatoms. The lowest BCUT2D eigenvalue weighted by Crippen LogP contribution is -2.52. The highest BCUT2D eigenvalue weighted by Crippen LogP contribution is 2.35. The van der Waals surface area contributed by atoms with Crippen LogP contribution >= 0.6 is 0 Å². The number of hydrogen-bond acceptors (Lipinski definition) is 2. The topological polar surface area (TPSA) is 35.2 Å². The molecule has 1 aromatic rings. The summed E-state index contributed by atoms with van der Waals surface area (Å²) in [6, 6.07) is 5.31. The van der Waals surface area contributed by atoms with Gasteiger partial charge in [0.25, 0.3) is 0 Å². The van der Waals surface area contributed by atoms with Crippen LogP contribution in [0.2, 0.25) is 0 Å². The molecule has 16 heavy (non-hydrogen) atoms. The van der Waals surface area contributed by atoms with E-state index in [1.807, 2.05) is 0 Å². The van der Waals surface area contributed by atoms with Crippen LogP contribution in [0.5, 0.6) is 0 Å². The van der Waals surface area contributed by atoms with Gasteiger partial charge in [0, 0.05) is 6.54 Å². The molecule has 0 atom stereocenters. The molecule has 0 unspecified atom stereocenters. The highest BCUT2D eigenvalue weighted by molar-refractivity contribution is 5.33. The second-order valence-corrected chi connectivity index (χ2v) is 4.06. The van der Waals surface area contributed by atoms with E-state index in [4.69, 9.17) is 10.5 Å². The van der Waals surface area contributed by atoms with Crippen molar-refractivity contribution in [2.75, 3.05) is 19.8 Å². The number of nitrogens with two attached hydrogens (primary N) is 1. The summed E-state index contributed by atoms with van der Waals surface area (Å²) >= 11 is 0. The molecule has 2 nitrogen and oxygen atoms in total. The normalized spacial score (nSPS) is 19.2. The minimum absolute atomic E-state index is 0.300. The van der Waals surface area contributed by atoms with E-state index in [0.29, 0.717) is 25.3 Å². The van der Waals surface area contributed by atoms with Crippen molar-refractivity contribution in [3.8, 4) is 0 Å². The van der Waals surface area contributed by atoms with Crippen molar-refractivity contribution in [2.45, 2.75) is 11.6 Å². The Balaban J connectivity index is 2.36. The third-order valence-corrected chi connectivity index (χ3v) is 2.95. The van der Waals surface area contributed by atoms with Gasteiger partial charge in [0.05, 0.1) is 24.2 Å². The number of hydrogen-bond donors (Lipinski definition) is 1. The number of rotatable bonds is 2. The maximum atomic E-state index is 12.5. The zero-order valence-electron chi connectivity index (χ0n) is 8.55. The van der Waals surface area contributed by atoms with Crippen molar-refractivity contribution in [3.63, 3.8) is 0 Å². The average Bonchev–Trinajstić information content (AvgIpc) is 2.16. The third kappa shape index (κ3) is 1.81. The molecule has 0 aliphatic carbocycles. The molecule has 1 aromatic carbocycles. The molecule has 1 aliphatic heterocycles. The van der Waals surface area contributed by atoms with E-state index in [-0.39, 0.29) is 0 Å². The zero-order valence-corrected chi connectivity index (χ0v) is 8.55. The van der Waals surface area contributed by atoms with Crippen LogP contribution in [-0.4, -0.2) is 19.8 Å². The van der Waals surface area contributed by atoms with Gasteiger partial charge in [0.1, 0.15) is 0 Å². The number of ether oxygens (including phenoxy) is 1. The van der Waals surface area contributed by atoms with Crippen molar-refractivity contribution in [1.29, 1.82) is 0 Å². The lowest BCUT2D eigenvalue weighted by atomic mass is 9.78. The Labute approximate surface area is 91.2 Å². The van der Waals surface area contributed by atoms with Gasteiger partial charge in [0.2, 0.25) is 0 Å². The van der Waals surface area contributed by atoms with Gasteiger partial charge in [-0.15, -0.1) is 0 Å². The lowest BCUT2D eigenvalue weighted by Gasteiger charge is -2.41. The van der Waals surface area contributed by atoms with Crippen LogP contribution < -0.4 is 5.73 Å².